The lowest BCUT2D eigenvalue weighted by molar-refractivity contribution is -0.451. The van der Waals surface area contributed by atoms with Gasteiger partial charge < -0.3 is 4.74 Å². The Bertz CT molecular complexity index is 254. The van der Waals surface area contributed by atoms with E-state index in [1.165, 1.54) is 6.42 Å². The van der Waals surface area contributed by atoms with Crippen molar-refractivity contribution in [3.05, 3.63) is 24.3 Å². The Labute approximate surface area is 91.5 Å². The van der Waals surface area contributed by atoms with Crippen LogP contribution in [0.5, 0.6) is 0 Å². The van der Waals surface area contributed by atoms with Crippen LogP contribution in [0.3, 0.4) is 0 Å². The molecule has 0 bridgehead atoms. The van der Waals surface area contributed by atoms with Crippen molar-refractivity contribution in [1.29, 1.82) is 0 Å². The molecule has 84 valence electrons. The molecule has 0 amide bonds. The summed E-state index contributed by atoms with van der Waals surface area (Å²) in [5, 5.41) is 0. The van der Waals surface area contributed by atoms with Gasteiger partial charge >= 0.3 is 5.97 Å². The van der Waals surface area contributed by atoms with Gasteiger partial charge in [0.05, 0.1) is 12.2 Å². The summed E-state index contributed by atoms with van der Waals surface area (Å²) in [6.07, 6.45) is 7.51. The van der Waals surface area contributed by atoms with Crippen LogP contribution in [0.15, 0.2) is 24.3 Å². The number of hydrogen-bond donors (Lipinski definition) is 1. The second kappa shape index (κ2) is 9.19. The lowest BCUT2D eigenvalue weighted by Gasteiger charge is -1.98. The molecular formula is C12H20NO2+. The normalized spacial score (nSPS) is 11.1. The third-order valence-electron chi connectivity index (χ3n) is 1.72. The van der Waals surface area contributed by atoms with Crippen LogP contribution < -0.4 is 4.99 Å². The van der Waals surface area contributed by atoms with Crippen LogP contribution in [0, 0.1) is 0 Å². The number of hydrogen-bond acceptors (Lipinski definition) is 2. The first-order valence-corrected chi connectivity index (χ1v) is 5.31. The number of carbonyl (C=O) groups is 1. The van der Waals surface area contributed by atoms with Crippen molar-refractivity contribution in [1.82, 2.24) is 0 Å². The number of nitrogens with one attached hydrogen (secondary N) is 1. The summed E-state index contributed by atoms with van der Waals surface area (Å²) in [6, 6.07) is 0. The fraction of sp³-hybridized carbons (Fsp3) is 0.500. The van der Waals surface area contributed by atoms with E-state index < -0.39 is 0 Å². The van der Waals surface area contributed by atoms with Crippen LogP contribution in [0.2, 0.25) is 0 Å². The van der Waals surface area contributed by atoms with Crippen LogP contribution in [-0.4, -0.2) is 25.3 Å². The Balaban J connectivity index is 3.80. The zero-order chi connectivity index (χ0) is 11.5. The lowest BCUT2D eigenvalue weighted by Crippen LogP contribution is -2.68. The summed E-state index contributed by atoms with van der Waals surface area (Å²) in [7, 11) is 0. The summed E-state index contributed by atoms with van der Waals surface area (Å²) in [6.45, 7) is 8.84. The second-order valence-electron chi connectivity index (χ2n) is 3.08. The quantitative estimate of drug-likeness (QED) is 0.220. The van der Waals surface area contributed by atoms with Crippen molar-refractivity contribution in [3.63, 3.8) is 0 Å². The molecule has 0 saturated carbocycles. The van der Waals surface area contributed by atoms with E-state index in [1.54, 1.807) is 25.3 Å². The number of allylic oxidation sites excluding steroid dienone is 1. The Hall–Kier alpha value is -1.38. The van der Waals surface area contributed by atoms with Crippen molar-refractivity contribution in [2.45, 2.75) is 26.7 Å². The van der Waals surface area contributed by atoms with E-state index in [0.29, 0.717) is 12.2 Å². The van der Waals surface area contributed by atoms with E-state index >= 15 is 0 Å². The molecule has 0 spiro atoms. The van der Waals surface area contributed by atoms with E-state index in [9.17, 15) is 4.79 Å². The highest BCUT2D eigenvalue weighted by molar-refractivity contribution is 5.91. The topological polar surface area (TPSA) is 40.3 Å². The molecule has 0 aromatic heterocycles. The number of rotatable bonds is 7. The Morgan fingerprint density at radius 2 is 2.20 bits per heavy atom. The molecule has 0 aliphatic carbocycles. The van der Waals surface area contributed by atoms with E-state index in [1.807, 2.05) is 0 Å². The van der Waals surface area contributed by atoms with Gasteiger partial charge in [0.2, 0.25) is 0 Å². The largest absolute Gasteiger partial charge is 0.462 e. The molecule has 15 heavy (non-hydrogen) atoms. The molecule has 0 heterocycles. The van der Waals surface area contributed by atoms with Crippen LogP contribution in [-0.2, 0) is 9.53 Å². The SMILES string of the molecule is C=C(/C=C\C=[NH+]CCCC)C(=O)OCC. The monoisotopic (exact) mass is 210 g/mol. The van der Waals surface area contributed by atoms with Gasteiger partial charge in [0.15, 0.2) is 6.21 Å². The highest BCUT2D eigenvalue weighted by Gasteiger charge is 2.02. The van der Waals surface area contributed by atoms with E-state index in [4.69, 9.17) is 4.74 Å². The van der Waals surface area contributed by atoms with Gasteiger partial charge in [-0.15, -0.1) is 0 Å². The Kier molecular flexibility index (Phi) is 8.34. The molecular weight excluding hydrogens is 190 g/mol. The van der Waals surface area contributed by atoms with Gasteiger partial charge in [0, 0.05) is 12.5 Å². The third-order valence-corrected chi connectivity index (χ3v) is 1.72. The maximum Gasteiger partial charge on any atom is 0.337 e. The van der Waals surface area contributed by atoms with E-state index in [2.05, 4.69) is 18.5 Å². The molecule has 0 saturated heterocycles. The summed E-state index contributed by atoms with van der Waals surface area (Å²) in [5.74, 6) is -0.365. The highest BCUT2D eigenvalue weighted by atomic mass is 16.5. The third kappa shape index (κ3) is 7.67. The first-order chi connectivity index (χ1) is 7.22. The fourth-order valence-electron chi connectivity index (χ4n) is 0.886. The molecule has 0 atom stereocenters. The minimum Gasteiger partial charge on any atom is -0.462 e. The number of ether oxygens (including phenoxy) is 1. The predicted octanol–water partition coefficient (Wildman–Crippen LogP) is 0.613. The van der Waals surface area contributed by atoms with Gasteiger partial charge in [0.1, 0.15) is 6.54 Å². The Morgan fingerprint density at radius 3 is 2.80 bits per heavy atom. The standard InChI is InChI=1S/C12H19NO2/c1-4-6-9-13-10-7-8-11(3)12(14)15-5-2/h7-8,10H,3-6,9H2,1-2H3/p+1/b8-7-,13-10?. The van der Waals surface area contributed by atoms with Crippen LogP contribution >= 0.6 is 0 Å². The number of unbranched alkanes of at least 4 members (excludes halogenated alkanes) is 1. The van der Waals surface area contributed by atoms with E-state index in [-0.39, 0.29) is 5.97 Å². The van der Waals surface area contributed by atoms with Gasteiger partial charge in [-0.1, -0.05) is 19.9 Å². The van der Waals surface area contributed by atoms with Crippen LogP contribution in [0.25, 0.3) is 0 Å². The minimum absolute atomic E-state index is 0.365. The molecule has 0 fully saturated rings. The summed E-state index contributed by atoms with van der Waals surface area (Å²) in [5.41, 5.74) is 0.366. The van der Waals surface area contributed by atoms with Gasteiger partial charge in [0.25, 0.3) is 0 Å². The highest BCUT2D eigenvalue weighted by Crippen LogP contribution is 1.95. The molecule has 0 unspecified atom stereocenters. The maximum atomic E-state index is 11.1. The first kappa shape index (κ1) is 13.6. The van der Waals surface area contributed by atoms with E-state index in [0.717, 1.165) is 13.0 Å². The summed E-state index contributed by atoms with van der Waals surface area (Å²) in [4.78, 5) is 14.2. The summed E-state index contributed by atoms with van der Waals surface area (Å²) >= 11 is 0. The maximum absolute atomic E-state index is 11.1. The first-order valence-electron chi connectivity index (χ1n) is 5.31. The molecule has 3 heteroatoms. The predicted molar refractivity (Wildman–Crippen MR) is 61.7 cm³/mol. The smallest absolute Gasteiger partial charge is 0.337 e. The molecule has 3 nitrogen and oxygen atoms in total. The molecule has 1 N–H and O–H groups in total. The number of carbonyl (C=O) groups excluding carboxylic acids is 1. The average molecular weight is 210 g/mol. The minimum atomic E-state index is -0.365. The molecule has 0 aromatic carbocycles. The summed E-state index contributed by atoms with van der Waals surface area (Å²) < 4.78 is 4.78. The number of esters is 1. The van der Waals surface area contributed by atoms with Crippen LogP contribution in [0.1, 0.15) is 26.7 Å². The van der Waals surface area contributed by atoms with Gasteiger partial charge in [-0.25, -0.2) is 9.79 Å². The molecule has 0 aliphatic heterocycles. The average Bonchev–Trinajstić information content (AvgIpc) is 2.23. The second-order valence-corrected chi connectivity index (χ2v) is 3.08. The molecule has 0 aromatic rings. The van der Waals surface area contributed by atoms with Crippen molar-refractivity contribution >= 4 is 12.2 Å². The van der Waals surface area contributed by atoms with Gasteiger partial charge in [-0.05, 0) is 13.0 Å². The van der Waals surface area contributed by atoms with Crippen LogP contribution in [0.4, 0.5) is 0 Å². The van der Waals surface area contributed by atoms with Gasteiger partial charge in [-0.3, -0.25) is 0 Å². The Morgan fingerprint density at radius 1 is 1.47 bits per heavy atom. The molecule has 0 radical (unpaired) electrons. The molecule has 0 rings (SSSR count). The van der Waals surface area contributed by atoms with Gasteiger partial charge in [-0.2, -0.15) is 0 Å². The zero-order valence-corrected chi connectivity index (χ0v) is 9.58. The van der Waals surface area contributed by atoms with Crippen molar-refractivity contribution in [3.8, 4) is 0 Å². The zero-order valence-electron chi connectivity index (χ0n) is 9.58. The molecule has 0 aliphatic rings. The fourth-order valence-corrected chi connectivity index (χ4v) is 0.886. The van der Waals surface area contributed by atoms with Crippen molar-refractivity contribution in [2.75, 3.05) is 13.2 Å². The van der Waals surface area contributed by atoms with Crippen molar-refractivity contribution in [2.24, 2.45) is 0 Å². The van der Waals surface area contributed by atoms with Crippen molar-refractivity contribution < 1.29 is 14.5 Å². The lowest BCUT2D eigenvalue weighted by atomic mass is 10.3.